The van der Waals surface area contributed by atoms with Gasteiger partial charge in [0.25, 0.3) is 35.4 Å². The number of amides is 6. The molecule has 0 N–H and O–H groups in total. The number of hydrogen-bond acceptors (Lipinski definition) is 13. The number of hydrogen-bond donors (Lipinski definition) is 0. The normalized spacial score (nSPS) is 17.5. The first kappa shape index (κ1) is 37.0. The molecule has 16 nitrogen and oxygen atoms in total. The van der Waals surface area contributed by atoms with Crippen molar-refractivity contribution in [2.24, 2.45) is 5.92 Å². The van der Waals surface area contributed by atoms with Gasteiger partial charge in [0, 0.05) is 43.1 Å². The van der Waals surface area contributed by atoms with Crippen LogP contribution in [0.2, 0.25) is 0 Å². The highest BCUT2D eigenvalue weighted by Crippen LogP contribution is 2.14. The first-order chi connectivity index (χ1) is 22.7. The Hall–Kier alpha value is -4.48. The van der Waals surface area contributed by atoms with Crippen molar-refractivity contribution in [2.45, 2.75) is 6.42 Å². The van der Waals surface area contributed by atoms with Crippen LogP contribution in [0.15, 0.2) is 48.6 Å². The molecule has 0 unspecified atom stereocenters. The predicted octanol–water partition coefficient (Wildman–Crippen LogP) is -1.45. The van der Waals surface area contributed by atoms with E-state index in [1.165, 1.54) is 48.6 Å². The highest BCUT2D eigenvalue weighted by molar-refractivity contribution is 6.18. The minimum absolute atomic E-state index is 0.168. The Labute approximate surface area is 270 Å². The van der Waals surface area contributed by atoms with Crippen molar-refractivity contribution < 1.29 is 62.0 Å². The van der Waals surface area contributed by atoms with Gasteiger partial charge in [-0.1, -0.05) is 0 Å². The van der Waals surface area contributed by atoms with Crippen LogP contribution in [0.1, 0.15) is 6.42 Å². The number of rotatable bonds is 21. The highest BCUT2D eigenvalue weighted by Gasteiger charge is 2.27. The molecule has 4 rings (SSSR count). The van der Waals surface area contributed by atoms with E-state index >= 15 is 0 Å². The first-order valence-electron chi connectivity index (χ1n) is 14.9. The summed E-state index contributed by atoms with van der Waals surface area (Å²) in [4.78, 5) is 93.6. The zero-order valence-electron chi connectivity index (χ0n) is 25.7. The van der Waals surface area contributed by atoms with Crippen LogP contribution >= 0.6 is 0 Å². The van der Waals surface area contributed by atoms with Crippen molar-refractivity contribution in [1.29, 1.82) is 0 Å². The molecule has 0 atom stereocenters. The maximum Gasteiger partial charge on any atom is 0.253 e. The Balaban J connectivity index is 0.000000257. The van der Waals surface area contributed by atoms with Gasteiger partial charge in [-0.25, -0.2) is 0 Å². The molecular weight excluding hydrogens is 622 g/mol. The van der Waals surface area contributed by atoms with E-state index in [1.54, 1.807) is 0 Å². The Kier molecular flexibility index (Phi) is 15.7. The van der Waals surface area contributed by atoms with Crippen LogP contribution in [-0.4, -0.2) is 147 Å². The van der Waals surface area contributed by atoms with Gasteiger partial charge in [-0.3, -0.25) is 53.1 Å². The molecule has 47 heavy (non-hydrogen) atoms. The number of carbonyl (C=O) groups is 8. The minimum Gasteiger partial charge on any atom is -0.379 e. The third kappa shape index (κ3) is 12.3. The number of ketones is 2. The van der Waals surface area contributed by atoms with Crippen LogP contribution in [-0.2, 0) is 62.0 Å². The molecule has 1 aliphatic carbocycles. The number of carbonyl (C=O) groups excluding carboxylic acids is 8. The van der Waals surface area contributed by atoms with Crippen molar-refractivity contribution >= 4 is 47.0 Å². The fourth-order valence-corrected chi connectivity index (χ4v) is 4.31. The monoisotopic (exact) mass is 659 g/mol. The second-order valence-corrected chi connectivity index (χ2v) is 10.0. The third-order valence-electron chi connectivity index (χ3n) is 6.84. The average molecular weight is 660 g/mol. The summed E-state index contributed by atoms with van der Waals surface area (Å²) in [5.41, 5.74) is 0. The molecule has 254 valence electrons. The minimum atomic E-state index is -0.597. The smallest absolute Gasteiger partial charge is 0.253 e. The Morgan fingerprint density at radius 2 is 0.617 bits per heavy atom. The topological polar surface area (TPSA) is 192 Å². The summed E-state index contributed by atoms with van der Waals surface area (Å²) in [7, 11) is 0. The van der Waals surface area contributed by atoms with Gasteiger partial charge in [0.2, 0.25) is 0 Å². The molecule has 0 aromatic carbocycles. The summed E-state index contributed by atoms with van der Waals surface area (Å²) in [6.45, 7) is 3.74. The fraction of sp³-hybridized carbons (Fsp3) is 0.484. The zero-order chi connectivity index (χ0) is 34.0. The van der Waals surface area contributed by atoms with E-state index in [0.29, 0.717) is 52.7 Å². The van der Waals surface area contributed by atoms with Gasteiger partial charge in [0.1, 0.15) is 0 Å². The van der Waals surface area contributed by atoms with Gasteiger partial charge >= 0.3 is 0 Å². The molecule has 0 fully saturated rings. The molecule has 4 aliphatic rings. The number of nitrogens with zero attached hydrogens (tertiary/aromatic N) is 3. The lowest BCUT2D eigenvalue weighted by Gasteiger charge is -2.14. The van der Waals surface area contributed by atoms with Crippen molar-refractivity contribution in [1.82, 2.24) is 14.7 Å². The maximum atomic E-state index is 11.3. The molecular formula is C31H37N3O13. The number of imide groups is 3. The number of ether oxygens (including phenoxy) is 5. The molecule has 0 aromatic heterocycles. The van der Waals surface area contributed by atoms with E-state index in [0.717, 1.165) is 14.7 Å². The van der Waals surface area contributed by atoms with Crippen LogP contribution in [0.25, 0.3) is 0 Å². The molecule has 3 aliphatic heterocycles. The van der Waals surface area contributed by atoms with Gasteiger partial charge < -0.3 is 23.7 Å². The van der Waals surface area contributed by atoms with E-state index < -0.39 is 5.92 Å². The summed E-state index contributed by atoms with van der Waals surface area (Å²) < 4.78 is 26.4. The van der Waals surface area contributed by atoms with E-state index in [4.69, 9.17) is 23.7 Å². The summed E-state index contributed by atoms with van der Waals surface area (Å²) in [6.07, 6.45) is 10.4. The van der Waals surface area contributed by atoms with Crippen LogP contribution in [0.3, 0.4) is 0 Å². The molecule has 0 radical (unpaired) electrons. The average Bonchev–Trinajstić information content (AvgIpc) is 3.76. The maximum absolute atomic E-state index is 11.3. The fourth-order valence-electron chi connectivity index (χ4n) is 4.31. The van der Waals surface area contributed by atoms with Gasteiger partial charge in [-0.05, 0) is 18.6 Å². The van der Waals surface area contributed by atoms with Gasteiger partial charge in [0.05, 0.1) is 85.0 Å². The van der Waals surface area contributed by atoms with Crippen LogP contribution in [0.5, 0.6) is 0 Å². The molecule has 0 aromatic rings. The van der Waals surface area contributed by atoms with Crippen LogP contribution in [0, 0.1) is 5.92 Å². The van der Waals surface area contributed by atoms with Crippen molar-refractivity contribution in [3.8, 4) is 0 Å². The summed E-state index contributed by atoms with van der Waals surface area (Å²) in [5, 5.41) is 0. The summed E-state index contributed by atoms with van der Waals surface area (Å²) in [6, 6.07) is 0. The second kappa shape index (κ2) is 19.9. The molecule has 0 saturated carbocycles. The van der Waals surface area contributed by atoms with E-state index in [1.807, 2.05) is 0 Å². The van der Waals surface area contributed by atoms with Crippen molar-refractivity contribution in [3.63, 3.8) is 0 Å². The lowest BCUT2D eigenvalue weighted by atomic mass is 10.0. The lowest BCUT2D eigenvalue weighted by Crippen LogP contribution is -2.33. The van der Waals surface area contributed by atoms with Crippen molar-refractivity contribution in [3.05, 3.63) is 48.6 Å². The van der Waals surface area contributed by atoms with Gasteiger partial charge in [0.15, 0.2) is 11.6 Å². The summed E-state index contributed by atoms with van der Waals surface area (Å²) >= 11 is 0. The first-order valence-corrected chi connectivity index (χ1v) is 14.9. The standard InChI is InChI=1S/C16H20N2O7.C15H17NO6/c19-13-1-2-14(20)17(13)5-7-23-9-11-25-12-10-24-8-6-18-15(21)3-4-16(18)22;17-12-1-2-13(18)11(12)5-7-21-9-10-22-8-6-16-14(19)3-4-15(16)20/h1-4H,5-12H2;1-4,11H,5-10H2. The molecule has 0 spiro atoms. The summed E-state index contributed by atoms with van der Waals surface area (Å²) in [5.74, 6) is -2.89. The molecule has 0 saturated heterocycles. The largest absolute Gasteiger partial charge is 0.379 e. The molecule has 16 heteroatoms. The van der Waals surface area contributed by atoms with Gasteiger partial charge in [-0.2, -0.15) is 0 Å². The van der Waals surface area contributed by atoms with E-state index in [-0.39, 0.29) is 86.5 Å². The molecule has 0 bridgehead atoms. The Morgan fingerprint density at radius 3 is 0.915 bits per heavy atom. The Bertz CT molecular complexity index is 1150. The lowest BCUT2D eigenvalue weighted by molar-refractivity contribution is -0.139. The molecule has 6 amide bonds. The second-order valence-electron chi connectivity index (χ2n) is 10.0. The van der Waals surface area contributed by atoms with E-state index in [2.05, 4.69) is 0 Å². The molecule has 3 heterocycles. The van der Waals surface area contributed by atoms with Crippen molar-refractivity contribution in [2.75, 3.05) is 85.7 Å². The SMILES string of the molecule is O=C1C=CC(=O)C1CCOCCOCCN1C(=O)C=CC1=O.O=C1C=CC(=O)N1CCOCCOCCOCCN1C(=O)C=CC1=O. The Morgan fingerprint density at radius 1 is 0.362 bits per heavy atom. The van der Waals surface area contributed by atoms with Crippen LogP contribution < -0.4 is 0 Å². The zero-order valence-corrected chi connectivity index (χ0v) is 25.7. The van der Waals surface area contributed by atoms with Gasteiger partial charge in [-0.15, -0.1) is 0 Å². The van der Waals surface area contributed by atoms with E-state index in [9.17, 15) is 38.4 Å². The number of allylic oxidation sites excluding steroid dienone is 2. The van der Waals surface area contributed by atoms with Crippen LogP contribution in [0.4, 0.5) is 0 Å². The quantitative estimate of drug-likeness (QED) is 0.0790. The third-order valence-corrected chi connectivity index (χ3v) is 6.84. The highest BCUT2D eigenvalue weighted by atomic mass is 16.5. The predicted molar refractivity (Wildman–Crippen MR) is 159 cm³/mol.